The summed E-state index contributed by atoms with van der Waals surface area (Å²) in [7, 11) is 0. The number of nitrogens with zero attached hydrogens (tertiary/aromatic N) is 2. The standard InChI is InChI=1S/C15H15N3O2S/c19-10-16-8-13-9-17-15(21-13)11-3-5-12(6-4-11)18-7-1-2-14(18)20/h3-6,9-10H,1-2,7-8H2,(H,16,19). The van der Waals surface area contributed by atoms with Gasteiger partial charge in [0.2, 0.25) is 12.3 Å². The first-order valence-corrected chi connectivity index (χ1v) is 7.62. The summed E-state index contributed by atoms with van der Waals surface area (Å²) in [5.41, 5.74) is 1.97. The molecule has 3 rings (SSSR count). The van der Waals surface area contributed by atoms with E-state index in [1.807, 2.05) is 29.2 Å². The zero-order valence-corrected chi connectivity index (χ0v) is 12.2. The number of benzene rings is 1. The molecule has 0 spiro atoms. The molecule has 1 N–H and O–H groups in total. The number of nitrogens with one attached hydrogen (secondary N) is 1. The molecule has 1 aromatic heterocycles. The van der Waals surface area contributed by atoms with Crippen LogP contribution in [0.3, 0.4) is 0 Å². The van der Waals surface area contributed by atoms with Crippen molar-refractivity contribution in [2.75, 3.05) is 11.4 Å². The van der Waals surface area contributed by atoms with Crippen LogP contribution < -0.4 is 10.2 Å². The van der Waals surface area contributed by atoms with E-state index in [2.05, 4.69) is 10.3 Å². The topological polar surface area (TPSA) is 62.3 Å². The Hall–Kier alpha value is -2.21. The maximum Gasteiger partial charge on any atom is 0.227 e. The van der Waals surface area contributed by atoms with Crippen LogP contribution >= 0.6 is 11.3 Å². The minimum Gasteiger partial charge on any atom is -0.354 e. The van der Waals surface area contributed by atoms with Crippen molar-refractivity contribution in [3.05, 3.63) is 35.3 Å². The smallest absolute Gasteiger partial charge is 0.227 e. The Balaban J connectivity index is 1.75. The van der Waals surface area contributed by atoms with Gasteiger partial charge in [0.15, 0.2) is 0 Å². The van der Waals surface area contributed by atoms with Gasteiger partial charge in [0.1, 0.15) is 5.01 Å². The van der Waals surface area contributed by atoms with Gasteiger partial charge >= 0.3 is 0 Å². The molecule has 5 nitrogen and oxygen atoms in total. The predicted octanol–water partition coefficient (Wildman–Crippen LogP) is 2.18. The van der Waals surface area contributed by atoms with Crippen LogP contribution in [0.25, 0.3) is 10.6 Å². The Morgan fingerprint density at radius 2 is 2.14 bits per heavy atom. The van der Waals surface area contributed by atoms with Crippen LogP contribution in [-0.4, -0.2) is 23.8 Å². The summed E-state index contributed by atoms with van der Waals surface area (Å²) in [5.74, 6) is 0.194. The Bertz CT molecular complexity index is 651. The SMILES string of the molecule is O=CNCc1cnc(-c2ccc(N3CCCC3=O)cc2)s1. The van der Waals surface area contributed by atoms with Gasteiger partial charge in [-0.1, -0.05) is 0 Å². The molecule has 2 heterocycles. The second-order valence-corrected chi connectivity index (χ2v) is 5.94. The van der Waals surface area contributed by atoms with Crippen molar-refractivity contribution in [2.45, 2.75) is 19.4 Å². The largest absolute Gasteiger partial charge is 0.354 e. The predicted molar refractivity (Wildman–Crippen MR) is 82.0 cm³/mol. The fraction of sp³-hybridized carbons (Fsp3) is 0.267. The number of hydrogen-bond donors (Lipinski definition) is 1. The van der Waals surface area contributed by atoms with Gasteiger partial charge in [-0.15, -0.1) is 11.3 Å². The Morgan fingerprint density at radius 1 is 1.33 bits per heavy atom. The van der Waals surface area contributed by atoms with E-state index in [1.54, 1.807) is 17.5 Å². The van der Waals surface area contributed by atoms with Crippen LogP contribution in [0.1, 0.15) is 17.7 Å². The molecule has 0 unspecified atom stereocenters. The summed E-state index contributed by atoms with van der Waals surface area (Å²) in [4.78, 5) is 29.2. The lowest BCUT2D eigenvalue weighted by atomic mass is 10.2. The van der Waals surface area contributed by atoms with Gasteiger partial charge < -0.3 is 10.2 Å². The maximum atomic E-state index is 11.7. The van der Waals surface area contributed by atoms with Gasteiger partial charge in [0, 0.05) is 35.3 Å². The summed E-state index contributed by atoms with van der Waals surface area (Å²) in [6.45, 7) is 1.30. The van der Waals surface area contributed by atoms with Gasteiger partial charge in [-0.05, 0) is 30.7 Å². The molecule has 21 heavy (non-hydrogen) atoms. The monoisotopic (exact) mass is 301 g/mol. The Labute approximate surface area is 126 Å². The molecular formula is C15H15N3O2S. The van der Waals surface area contributed by atoms with Crippen molar-refractivity contribution in [1.82, 2.24) is 10.3 Å². The zero-order valence-electron chi connectivity index (χ0n) is 11.4. The van der Waals surface area contributed by atoms with Crippen LogP contribution in [0, 0.1) is 0 Å². The molecule has 1 aliphatic heterocycles. The second-order valence-electron chi connectivity index (χ2n) is 4.83. The summed E-state index contributed by atoms with van der Waals surface area (Å²) < 4.78 is 0. The summed E-state index contributed by atoms with van der Waals surface area (Å²) in [6.07, 6.45) is 4.02. The van der Waals surface area contributed by atoms with E-state index < -0.39 is 0 Å². The fourth-order valence-corrected chi connectivity index (χ4v) is 3.24. The lowest BCUT2D eigenvalue weighted by Crippen LogP contribution is -2.23. The first-order chi connectivity index (χ1) is 10.3. The molecule has 1 aliphatic rings. The highest BCUT2D eigenvalue weighted by atomic mass is 32.1. The van der Waals surface area contributed by atoms with E-state index >= 15 is 0 Å². The van der Waals surface area contributed by atoms with Gasteiger partial charge in [-0.3, -0.25) is 9.59 Å². The van der Waals surface area contributed by atoms with Crippen LogP contribution in [0.4, 0.5) is 5.69 Å². The minimum absolute atomic E-state index is 0.194. The molecule has 1 aromatic carbocycles. The van der Waals surface area contributed by atoms with E-state index in [0.717, 1.165) is 34.1 Å². The summed E-state index contributed by atoms with van der Waals surface area (Å²) in [5, 5.41) is 3.54. The van der Waals surface area contributed by atoms with Crippen LogP contribution in [0.15, 0.2) is 30.5 Å². The third kappa shape index (κ3) is 2.95. The molecule has 1 fully saturated rings. The van der Waals surface area contributed by atoms with Crippen molar-refractivity contribution < 1.29 is 9.59 Å². The van der Waals surface area contributed by atoms with Gasteiger partial charge in [0.25, 0.3) is 0 Å². The molecule has 0 radical (unpaired) electrons. The highest BCUT2D eigenvalue weighted by Gasteiger charge is 2.21. The molecule has 1 saturated heterocycles. The Kier molecular flexibility index (Phi) is 3.96. The van der Waals surface area contributed by atoms with Crippen molar-refractivity contribution in [1.29, 1.82) is 0 Å². The van der Waals surface area contributed by atoms with Crippen molar-refractivity contribution in [3.8, 4) is 10.6 Å². The molecular weight excluding hydrogens is 286 g/mol. The van der Waals surface area contributed by atoms with Crippen LogP contribution in [0.5, 0.6) is 0 Å². The summed E-state index contributed by atoms with van der Waals surface area (Å²) >= 11 is 1.55. The molecule has 108 valence electrons. The quantitative estimate of drug-likeness (QED) is 0.861. The third-order valence-corrected chi connectivity index (χ3v) is 4.46. The van der Waals surface area contributed by atoms with Crippen molar-refractivity contribution >= 4 is 29.3 Å². The number of anilines is 1. The number of thiazole rings is 1. The first-order valence-electron chi connectivity index (χ1n) is 6.80. The van der Waals surface area contributed by atoms with Crippen molar-refractivity contribution in [2.24, 2.45) is 0 Å². The molecule has 2 amide bonds. The highest BCUT2D eigenvalue weighted by Crippen LogP contribution is 2.28. The van der Waals surface area contributed by atoms with E-state index in [1.165, 1.54) is 0 Å². The average molecular weight is 301 g/mol. The van der Waals surface area contributed by atoms with E-state index in [-0.39, 0.29) is 5.91 Å². The number of aromatic nitrogens is 1. The average Bonchev–Trinajstić information content (AvgIpc) is 3.14. The summed E-state index contributed by atoms with van der Waals surface area (Å²) in [6, 6.07) is 7.89. The van der Waals surface area contributed by atoms with E-state index in [9.17, 15) is 9.59 Å². The van der Waals surface area contributed by atoms with E-state index in [4.69, 9.17) is 0 Å². The number of hydrogen-bond acceptors (Lipinski definition) is 4. The number of amides is 2. The van der Waals surface area contributed by atoms with Crippen LogP contribution in [0.2, 0.25) is 0 Å². The lowest BCUT2D eigenvalue weighted by Gasteiger charge is -2.15. The maximum absolute atomic E-state index is 11.7. The molecule has 0 bridgehead atoms. The van der Waals surface area contributed by atoms with Crippen LogP contribution in [-0.2, 0) is 16.1 Å². The van der Waals surface area contributed by atoms with Gasteiger partial charge in [-0.2, -0.15) is 0 Å². The molecule has 0 atom stereocenters. The molecule has 0 aliphatic carbocycles. The number of carbonyl (C=O) groups is 2. The van der Waals surface area contributed by atoms with Gasteiger partial charge in [0.05, 0.1) is 6.54 Å². The lowest BCUT2D eigenvalue weighted by molar-refractivity contribution is -0.117. The highest BCUT2D eigenvalue weighted by molar-refractivity contribution is 7.15. The van der Waals surface area contributed by atoms with E-state index in [0.29, 0.717) is 19.4 Å². The minimum atomic E-state index is 0.194. The second kappa shape index (κ2) is 6.05. The number of rotatable bonds is 5. The fourth-order valence-electron chi connectivity index (χ4n) is 2.37. The van der Waals surface area contributed by atoms with Gasteiger partial charge in [-0.25, -0.2) is 4.98 Å². The zero-order chi connectivity index (χ0) is 14.7. The molecule has 6 heteroatoms. The first kappa shape index (κ1) is 13.8. The normalized spacial score (nSPS) is 14.5. The van der Waals surface area contributed by atoms with Crippen molar-refractivity contribution in [3.63, 3.8) is 0 Å². The molecule has 0 saturated carbocycles. The third-order valence-electron chi connectivity index (χ3n) is 3.41. The number of carbonyl (C=O) groups excluding carboxylic acids is 2. The molecule has 2 aromatic rings. The Morgan fingerprint density at radius 3 is 2.81 bits per heavy atom.